The Morgan fingerprint density at radius 1 is 1.15 bits per heavy atom. The molecule has 0 aliphatic carbocycles. The van der Waals surface area contributed by atoms with E-state index in [1.165, 1.54) is 12.1 Å². The van der Waals surface area contributed by atoms with Gasteiger partial charge in [-0.25, -0.2) is 4.39 Å². The van der Waals surface area contributed by atoms with Gasteiger partial charge in [0.1, 0.15) is 18.2 Å². The Morgan fingerprint density at radius 3 is 2.52 bits per heavy atom. The van der Waals surface area contributed by atoms with Crippen molar-refractivity contribution in [3.8, 4) is 5.75 Å². The number of rotatable bonds is 10. The second-order valence-corrected chi connectivity index (χ2v) is 6.85. The van der Waals surface area contributed by atoms with Gasteiger partial charge in [0.25, 0.3) is 0 Å². The average Bonchev–Trinajstić information content (AvgIpc) is 2.67. The predicted octanol–water partition coefficient (Wildman–Crippen LogP) is 1.95. The summed E-state index contributed by atoms with van der Waals surface area (Å²) in [5.74, 6) is 0.419. The summed E-state index contributed by atoms with van der Waals surface area (Å²) < 4.78 is 18.2. The monoisotopic (exact) mass is 379 g/mol. The van der Waals surface area contributed by atoms with Crippen molar-refractivity contribution in [2.45, 2.75) is 32.6 Å². The number of nitrogens with one attached hydrogen (secondary N) is 2. The van der Waals surface area contributed by atoms with Crippen LogP contribution in [0.4, 0.5) is 4.39 Å². The number of likely N-dealkylation sites (tertiary alicyclic amines) is 1. The maximum absolute atomic E-state index is 12.8. The second-order valence-electron chi connectivity index (χ2n) is 6.85. The quantitative estimate of drug-likeness (QED) is 0.610. The van der Waals surface area contributed by atoms with Crippen LogP contribution in [-0.4, -0.2) is 56.0 Å². The fourth-order valence-corrected chi connectivity index (χ4v) is 3.04. The van der Waals surface area contributed by atoms with Crippen LogP contribution in [0.5, 0.6) is 5.75 Å². The highest BCUT2D eigenvalue weighted by Gasteiger charge is 2.25. The molecule has 2 rings (SSSR count). The van der Waals surface area contributed by atoms with Crippen molar-refractivity contribution in [3.63, 3.8) is 0 Å². The normalized spacial score (nSPS) is 15.3. The Kier molecular flexibility index (Phi) is 9.04. The highest BCUT2D eigenvalue weighted by molar-refractivity contribution is 5.79. The first-order valence-electron chi connectivity index (χ1n) is 9.73. The van der Waals surface area contributed by atoms with Crippen LogP contribution < -0.4 is 15.4 Å². The van der Waals surface area contributed by atoms with Crippen LogP contribution in [0.3, 0.4) is 0 Å². The van der Waals surface area contributed by atoms with E-state index in [0.29, 0.717) is 25.4 Å². The van der Waals surface area contributed by atoms with Gasteiger partial charge in [-0.2, -0.15) is 0 Å². The molecule has 1 aromatic rings. The molecule has 1 fully saturated rings. The van der Waals surface area contributed by atoms with E-state index in [9.17, 15) is 14.0 Å². The molecule has 1 heterocycles. The van der Waals surface area contributed by atoms with E-state index >= 15 is 0 Å². The summed E-state index contributed by atoms with van der Waals surface area (Å²) in [5.41, 5.74) is 0. The molecule has 0 spiro atoms. The molecule has 0 saturated carbocycles. The minimum absolute atomic E-state index is 0.0523. The van der Waals surface area contributed by atoms with Crippen molar-refractivity contribution in [2.75, 3.05) is 39.3 Å². The zero-order chi connectivity index (χ0) is 19.5. The molecule has 7 heteroatoms. The van der Waals surface area contributed by atoms with E-state index in [0.717, 1.165) is 45.3 Å². The average molecular weight is 379 g/mol. The lowest BCUT2D eigenvalue weighted by Crippen LogP contribution is -2.45. The van der Waals surface area contributed by atoms with E-state index < -0.39 is 0 Å². The van der Waals surface area contributed by atoms with Crippen molar-refractivity contribution in [1.82, 2.24) is 15.5 Å². The maximum atomic E-state index is 12.8. The van der Waals surface area contributed by atoms with Crippen molar-refractivity contribution in [2.24, 2.45) is 5.92 Å². The zero-order valence-electron chi connectivity index (χ0n) is 16.0. The molecule has 150 valence electrons. The molecule has 27 heavy (non-hydrogen) atoms. The van der Waals surface area contributed by atoms with Crippen molar-refractivity contribution in [3.05, 3.63) is 30.1 Å². The number of ether oxygens (including phenoxy) is 1. The van der Waals surface area contributed by atoms with Crippen molar-refractivity contribution < 1.29 is 18.7 Å². The highest BCUT2D eigenvalue weighted by Crippen LogP contribution is 2.17. The third kappa shape index (κ3) is 7.95. The number of carbonyl (C=O) groups is 2. The number of hydrogen-bond donors (Lipinski definition) is 2. The van der Waals surface area contributed by atoms with Crippen LogP contribution in [0.2, 0.25) is 0 Å². The lowest BCUT2D eigenvalue weighted by atomic mass is 9.96. The Morgan fingerprint density at radius 2 is 1.85 bits per heavy atom. The summed E-state index contributed by atoms with van der Waals surface area (Å²) in [5, 5.41) is 5.81. The van der Waals surface area contributed by atoms with Crippen LogP contribution in [0.15, 0.2) is 24.3 Å². The number of nitrogens with zero attached hydrogens (tertiary/aromatic N) is 1. The molecule has 1 saturated heterocycles. The molecule has 0 bridgehead atoms. The van der Waals surface area contributed by atoms with Gasteiger partial charge in [0.05, 0.1) is 13.1 Å². The van der Waals surface area contributed by atoms with Crippen LogP contribution >= 0.6 is 0 Å². The molecule has 0 unspecified atom stereocenters. The number of unbranched alkanes of at least 4 members (excludes halogenated alkanes) is 1. The van der Waals surface area contributed by atoms with Gasteiger partial charge in [-0.3, -0.25) is 14.5 Å². The largest absolute Gasteiger partial charge is 0.492 e. The molecule has 0 radical (unpaired) electrons. The molecule has 1 aliphatic rings. The molecule has 2 amide bonds. The van der Waals surface area contributed by atoms with Gasteiger partial charge >= 0.3 is 0 Å². The van der Waals surface area contributed by atoms with Crippen LogP contribution in [0.25, 0.3) is 0 Å². The lowest BCUT2D eigenvalue weighted by Gasteiger charge is -2.30. The van der Waals surface area contributed by atoms with Gasteiger partial charge in [0.2, 0.25) is 11.8 Å². The Hall–Kier alpha value is -2.15. The van der Waals surface area contributed by atoms with E-state index in [-0.39, 0.29) is 23.5 Å². The molecule has 1 aromatic carbocycles. The first kappa shape index (κ1) is 21.2. The minimum Gasteiger partial charge on any atom is -0.492 e. The number of amides is 2. The van der Waals surface area contributed by atoms with Crippen molar-refractivity contribution >= 4 is 11.8 Å². The summed E-state index contributed by atoms with van der Waals surface area (Å²) in [4.78, 5) is 26.2. The first-order valence-corrected chi connectivity index (χ1v) is 9.73. The van der Waals surface area contributed by atoms with E-state index in [1.54, 1.807) is 12.1 Å². The fourth-order valence-electron chi connectivity index (χ4n) is 3.04. The number of benzene rings is 1. The number of hydrogen-bond acceptors (Lipinski definition) is 4. The highest BCUT2D eigenvalue weighted by atomic mass is 19.1. The van der Waals surface area contributed by atoms with Gasteiger partial charge in [0.15, 0.2) is 0 Å². The third-order valence-electron chi connectivity index (χ3n) is 4.66. The summed E-state index contributed by atoms with van der Waals surface area (Å²) in [6.07, 6.45) is 3.66. The van der Waals surface area contributed by atoms with Gasteiger partial charge in [-0.05, 0) is 56.6 Å². The van der Waals surface area contributed by atoms with E-state index in [2.05, 4.69) is 22.5 Å². The van der Waals surface area contributed by atoms with Crippen LogP contribution in [0, 0.1) is 11.7 Å². The summed E-state index contributed by atoms with van der Waals surface area (Å²) in [6, 6.07) is 5.78. The van der Waals surface area contributed by atoms with Crippen LogP contribution in [0.1, 0.15) is 32.6 Å². The Balaban J connectivity index is 1.56. The van der Waals surface area contributed by atoms with Crippen molar-refractivity contribution in [1.29, 1.82) is 0 Å². The third-order valence-corrected chi connectivity index (χ3v) is 4.66. The zero-order valence-corrected chi connectivity index (χ0v) is 16.0. The lowest BCUT2D eigenvalue weighted by molar-refractivity contribution is -0.126. The molecule has 2 N–H and O–H groups in total. The molecular formula is C20H30FN3O3. The Bertz CT molecular complexity index is 587. The minimum atomic E-state index is -0.308. The van der Waals surface area contributed by atoms with E-state index in [4.69, 9.17) is 4.74 Å². The molecule has 0 aromatic heterocycles. The first-order chi connectivity index (χ1) is 13.1. The summed E-state index contributed by atoms with van der Waals surface area (Å²) in [6.45, 7) is 5.42. The smallest absolute Gasteiger partial charge is 0.234 e. The maximum Gasteiger partial charge on any atom is 0.234 e. The molecule has 1 aliphatic heterocycles. The number of piperidine rings is 1. The topological polar surface area (TPSA) is 70.7 Å². The second kappa shape index (κ2) is 11.5. The standard InChI is InChI=1S/C20H30FN3O3/c1-2-3-10-23-20(26)16-8-12-24(13-9-16)15-19(25)22-11-14-27-18-6-4-17(21)5-7-18/h4-7,16H,2-3,8-15H2,1H3,(H,22,25)(H,23,26). The van der Waals surface area contributed by atoms with Gasteiger partial charge in [0, 0.05) is 12.5 Å². The van der Waals surface area contributed by atoms with Gasteiger partial charge < -0.3 is 15.4 Å². The summed E-state index contributed by atoms with van der Waals surface area (Å²) in [7, 11) is 0. The van der Waals surface area contributed by atoms with Gasteiger partial charge in [-0.15, -0.1) is 0 Å². The van der Waals surface area contributed by atoms with Gasteiger partial charge in [-0.1, -0.05) is 13.3 Å². The summed E-state index contributed by atoms with van der Waals surface area (Å²) >= 11 is 0. The predicted molar refractivity (Wildman–Crippen MR) is 102 cm³/mol. The van der Waals surface area contributed by atoms with E-state index in [1.807, 2.05) is 0 Å². The molecule has 0 atom stereocenters. The SMILES string of the molecule is CCCCNC(=O)C1CCN(CC(=O)NCCOc2ccc(F)cc2)CC1. The fraction of sp³-hybridized carbons (Fsp3) is 0.600. The van der Waals surface area contributed by atoms with Crippen LogP contribution in [-0.2, 0) is 9.59 Å². The Labute approximate surface area is 160 Å². The number of halogens is 1. The molecular weight excluding hydrogens is 349 g/mol. The number of carbonyl (C=O) groups excluding carboxylic acids is 2. The molecule has 6 nitrogen and oxygen atoms in total.